The van der Waals surface area contributed by atoms with Crippen molar-refractivity contribution in [2.24, 2.45) is 5.73 Å². The van der Waals surface area contributed by atoms with E-state index < -0.39 is 23.9 Å². The van der Waals surface area contributed by atoms with E-state index >= 15 is 0 Å². The number of aromatic nitrogens is 2. The van der Waals surface area contributed by atoms with Gasteiger partial charge in [-0.3, -0.25) is 9.48 Å². The third-order valence-corrected chi connectivity index (χ3v) is 3.17. The van der Waals surface area contributed by atoms with E-state index in [0.717, 1.165) is 4.68 Å². The molecule has 0 aliphatic heterocycles. The highest BCUT2D eigenvalue weighted by molar-refractivity contribution is 5.69. The monoisotopic (exact) mass is 277 g/mol. The number of esters is 1. The second-order valence-corrected chi connectivity index (χ2v) is 4.44. The number of fused-ring (bicyclic) bond motifs is 1. The summed E-state index contributed by atoms with van der Waals surface area (Å²) < 4.78 is 44.3. The average Bonchev–Trinajstić information content (AvgIpc) is 2.69. The molecule has 0 radical (unpaired) electrons. The van der Waals surface area contributed by atoms with Crippen molar-refractivity contribution in [2.45, 2.75) is 38.0 Å². The van der Waals surface area contributed by atoms with E-state index in [-0.39, 0.29) is 12.1 Å². The lowest BCUT2D eigenvalue weighted by molar-refractivity contribution is -0.144. The van der Waals surface area contributed by atoms with E-state index in [2.05, 4.69) is 9.84 Å². The Kier molecular flexibility index (Phi) is 3.53. The van der Waals surface area contributed by atoms with Crippen LogP contribution in [0, 0.1) is 0 Å². The van der Waals surface area contributed by atoms with Crippen molar-refractivity contribution in [1.82, 2.24) is 9.78 Å². The third kappa shape index (κ3) is 2.58. The minimum atomic E-state index is -4.57. The summed E-state index contributed by atoms with van der Waals surface area (Å²) >= 11 is 0. The molecule has 106 valence electrons. The highest BCUT2D eigenvalue weighted by Gasteiger charge is 2.41. The average molecular weight is 277 g/mol. The molecule has 1 aromatic heterocycles. The number of rotatable bonds is 2. The lowest BCUT2D eigenvalue weighted by atomic mass is 9.91. The third-order valence-electron chi connectivity index (χ3n) is 3.17. The second-order valence-electron chi connectivity index (χ2n) is 4.44. The first-order valence-corrected chi connectivity index (χ1v) is 5.83. The number of hydrogen-bond acceptors (Lipinski definition) is 4. The molecule has 1 atom stereocenters. The van der Waals surface area contributed by atoms with E-state index in [1.807, 2.05) is 0 Å². The Bertz CT molecular complexity index is 496. The number of alkyl halides is 3. The first-order valence-electron chi connectivity index (χ1n) is 5.83. The fraction of sp³-hybridized carbons (Fsp3) is 0.636. The van der Waals surface area contributed by atoms with Crippen molar-refractivity contribution in [3.63, 3.8) is 0 Å². The number of ether oxygens (including phenoxy) is 1. The predicted molar refractivity (Wildman–Crippen MR) is 59.1 cm³/mol. The zero-order valence-electron chi connectivity index (χ0n) is 10.3. The summed E-state index contributed by atoms with van der Waals surface area (Å²) in [5, 5.41) is 3.51. The minimum Gasteiger partial charge on any atom is -0.468 e. The number of hydrogen-bond donors (Lipinski definition) is 1. The Hall–Kier alpha value is -1.57. The molecule has 1 aliphatic carbocycles. The molecular weight excluding hydrogens is 263 g/mol. The summed E-state index contributed by atoms with van der Waals surface area (Å²) in [5.74, 6) is -0.641. The number of carbonyl (C=O) groups excluding carboxylic acids is 1. The Labute approximate surface area is 107 Å². The van der Waals surface area contributed by atoms with Gasteiger partial charge in [0.05, 0.1) is 7.11 Å². The smallest absolute Gasteiger partial charge is 0.435 e. The fourth-order valence-corrected chi connectivity index (χ4v) is 2.32. The molecule has 1 heterocycles. The van der Waals surface area contributed by atoms with Crippen LogP contribution < -0.4 is 5.73 Å². The molecule has 2 rings (SSSR count). The van der Waals surface area contributed by atoms with Gasteiger partial charge in [0.1, 0.15) is 6.54 Å². The SMILES string of the molecule is COC(=O)Cn1nc(C(F)(F)F)c2c1CCCC2N. The zero-order chi connectivity index (χ0) is 14.2. The molecule has 5 nitrogen and oxygen atoms in total. The van der Waals surface area contributed by atoms with Gasteiger partial charge in [0.2, 0.25) is 0 Å². The van der Waals surface area contributed by atoms with Crippen LogP contribution in [0.2, 0.25) is 0 Å². The number of methoxy groups -OCH3 is 1. The molecule has 1 unspecified atom stereocenters. The summed E-state index contributed by atoms with van der Waals surface area (Å²) in [6.07, 6.45) is -2.97. The van der Waals surface area contributed by atoms with Crippen molar-refractivity contribution < 1.29 is 22.7 Å². The molecular formula is C11H14F3N3O2. The Morgan fingerprint density at radius 3 is 2.84 bits per heavy atom. The van der Waals surface area contributed by atoms with Crippen molar-refractivity contribution in [3.05, 3.63) is 17.0 Å². The van der Waals surface area contributed by atoms with Crippen molar-refractivity contribution >= 4 is 5.97 Å². The van der Waals surface area contributed by atoms with E-state index in [1.54, 1.807) is 0 Å². The van der Waals surface area contributed by atoms with Gasteiger partial charge in [-0.1, -0.05) is 0 Å². The number of nitrogens with two attached hydrogens (primary N) is 1. The van der Waals surface area contributed by atoms with Crippen LogP contribution in [0.4, 0.5) is 13.2 Å². The van der Waals surface area contributed by atoms with Crippen LogP contribution in [0.25, 0.3) is 0 Å². The van der Waals surface area contributed by atoms with Gasteiger partial charge in [-0.05, 0) is 19.3 Å². The molecule has 0 aromatic carbocycles. The summed E-state index contributed by atoms with van der Waals surface area (Å²) in [4.78, 5) is 11.2. The van der Waals surface area contributed by atoms with Gasteiger partial charge in [0.25, 0.3) is 0 Å². The highest BCUT2D eigenvalue weighted by atomic mass is 19.4. The summed E-state index contributed by atoms with van der Waals surface area (Å²) in [7, 11) is 1.18. The molecule has 0 bridgehead atoms. The maximum atomic E-state index is 12.9. The quantitative estimate of drug-likeness (QED) is 0.830. The number of carbonyl (C=O) groups is 1. The van der Waals surface area contributed by atoms with Crippen LogP contribution in [-0.4, -0.2) is 22.9 Å². The van der Waals surface area contributed by atoms with E-state index in [4.69, 9.17) is 5.73 Å². The summed E-state index contributed by atoms with van der Waals surface area (Å²) in [5.41, 5.74) is 5.17. The van der Waals surface area contributed by atoms with Crippen LogP contribution in [0.3, 0.4) is 0 Å². The lowest BCUT2D eigenvalue weighted by Gasteiger charge is -2.20. The molecule has 0 spiro atoms. The Morgan fingerprint density at radius 2 is 2.26 bits per heavy atom. The van der Waals surface area contributed by atoms with Gasteiger partial charge in [-0.25, -0.2) is 0 Å². The van der Waals surface area contributed by atoms with Gasteiger partial charge < -0.3 is 10.5 Å². The number of halogens is 3. The van der Waals surface area contributed by atoms with Crippen LogP contribution in [0.1, 0.15) is 35.8 Å². The summed E-state index contributed by atoms with van der Waals surface area (Å²) in [6, 6.07) is -0.688. The Balaban J connectivity index is 2.49. The molecule has 1 aromatic rings. The molecule has 2 N–H and O–H groups in total. The second kappa shape index (κ2) is 4.84. The lowest BCUT2D eigenvalue weighted by Crippen LogP contribution is -2.22. The zero-order valence-corrected chi connectivity index (χ0v) is 10.3. The maximum absolute atomic E-state index is 12.9. The molecule has 1 aliphatic rings. The topological polar surface area (TPSA) is 70.1 Å². The number of nitrogens with zero attached hydrogens (tertiary/aromatic N) is 2. The minimum absolute atomic E-state index is 0.0163. The van der Waals surface area contributed by atoms with Crippen molar-refractivity contribution in [2.75, 3.05) is 7.11 Å². The largest absolute Gasteiger partial charge is 0.468 e. The molecule has 0 fully saturated rings. The molecule has 19 heavy (non-hydrogen) atoms. The first-order chi connectivity index (χ1) is 8.84. The standard InChI is InChI=1S/C11H14F3N3O2/c1-19-8(18)5-17-7-4-2-3-6(15)9(7)10(16-17)11(12,13)14/h6H,2-5,15H2,1H3. The molecule has 0 amide bonds. The Morgan fingerprint density at radius 1 is 1.58 bits per heavy atom. The van der Waals surface area contributed by atoms with Crippen molar-refractivity contribution in [1.29, 1.82) is 0 Å². The van der Waals surface area contributed by atoms with Gasteiger partial charge in [0, 0.05) is 17.3 Å². The normalized spacial score (nSPS) is 19.1. The molecule has 0 saturated carbocycles. The van der Waals surface area contributed by atoms with Crippen LogP contribution in [-0.2, 0) is 28.7 Å². The van der Waals surface area contributed by atoms with E-state index in [9.17, 15) is 18.0 Å². The molecule has 0 saturated heterocycles. The predicted octanol–water partition coefficient (Wildman–Crippen LogP) is 1.41. The van der Waals surface area contributed by atoms with Gasteiger partial charge in [-0.2, -0.15) is 18.3 Å². The van der Waals surface area contributed by atoms with E-state index in [1.165, 1.54) is 7.11 Å². The van der Waals surface area contributed by atoms with Crippen LogP contribution >= 0.6 is 0 Å². The van der Waals surface area contributed by atoms with E-state index in [0.29, 0.717) is 25.0 Å². The van der Waals surface area contributed by atoms with Gasteiger partial charge in [-0.15, -0.1) is 0 Å². The van der Waals surface area contributed by atoms with Crippen molar-refractivity contribution in [3.8, 4) is 0 Å². The maximum Gasteiger partial charge on any atom is 0.435 e. The summed E-state index contributed by atoms with van der Waals surface area (Å²) in [6.45, 7) is -0.332. The van der Waals surface area contributed by atoms with Gasteiger partial charge >= 0.3 is 12.1 Å². The van der Waals surface area contributed by atoms with Crippen LogP contribution in [0.5, 0.6) is 0 Å². The molecule has 8 heteroatoms. The van der Waals surface area contributed by atoms with Gasteiger partial charge in [0.15, 0.2) is 5.69 Å². The highest BCUT2D eigenvalue weighted by Crippen LogP contribution is 2.39. The fourth-order valence-electron chi connectivity index (χ4n) is 2.32. The first kappa shape index (κ1) is 13.9. The van der Waals surface area contributed by atoms with Crippen LogP contribution in [0.15, 0.2) is 0 Å².